The highest BCUT2D eigenvalue weighted by Crippen LogP contribution is 2.17. The number of carbonyl (C=O) groups is 1. The molecule has 16 heavy (non-hydrogen) atoms. The number of hydrogen-bond donors (Lipinski definition) is 0. The van der Waals surface area contributed by atoms with Gasteiger partial charge in [0.15, 0.2) is 0 Å². The van der Waals surface area contributed by atoms with Crippen LogP contribution in [0.25, 0.3) is 0 Å². The van der Waals surface area contributed by atoms with Gasteiger partial charge in [0, 0.05) is 17.9 Å². The van der Waals surface area contributed by atoms with Crippen molar-refractivity contribution in [2.24, 2.45) is 5.92 Å². The quantitative estimate of drug-likeness (QED) is 0.723. The van der Waals surface area contributed by atoms with Crippen molar-refractivity contribution in [1.82, 2.24) is 0 Å². The average molecular weight is 239 g/mol. The van der Waals surface area contributed by atoms with Gasteiger partial charge in [-0.3, -0.25) is 4.79 Å². The highest BCUT2D eigenvalue weighted by Gasteiger charge is 2.06. The first-order valence-corrected chi connectivity index (χ1v) is 6.22. The molecule has 1 aromatic carbocycles. The molecule has 0 amide bonds. The van der Waals surface area contributed by atoms with Crippen LogP contribution in [-0.4, -0.2) is 5.78 Å². The average Bonchev–Trinajstić information content (AvgIpc) is 2.21. The van der Waals surface area contributed by atoms with E-state index in [9.17, 15) is 4.79 Å². The summed E-state index contributed by atoms with van der Waals surface area (Å²) in [5.74, 6) is 0.960. The minimum absolute atomic E-state index is 0.286. The minimum Gasteiger partial charge on any atom is -0.299 e. The van der Waals surface area contributed by atoms with Crippen molar-refractivity contribution < 1.29 is 4.79 Å². The summed E-state index contributed by atoms with van der Waals surface area (Å²) >= 11 is 6.00. The van der Waals surface area contributed by atoms with Crippen LogP contribution in [0.5, 0.6) is 0 Å². The van der Waals surface area contributed by atoms with Gasteiger partial charge in [-0.1, -0.05) is 50.1 Å². The second-order valence-electron chi connectivity index (χ2n) is 4.59. The van der Waals surface area contributed by atoms with E-state index in [1.165, 1.54) is 0 Å². The fourth-order valence-corrected chi connectivity index (χ4v) is 1.85. The zero-order valence-corrected chi connectivity index (χ0v) is 10.8. The van der Waals surface area contributed by atoms with E-state index in [0.717, 1.165) is 18.4 Å². The molecule has 1 rings (SSSR count). The molecule has 0 bridgehead atoms. The Balaban J connectivity index is 2.37. The summed E-state index contributed by atoms with van der Waals surface area (Å²) in [6.45, 7) is 4.36. The van der Waals surface area contributed by atoms with Gasteiger partial charge < -0.3 is 0 Å². The molecule has 0 saturated carbocycles. The van der Waals surface area contributed by atoms with Crippen molar-refractivity contribution in [3.63, 3.8) is 0 Å². The molecular weight excluding hydrogens is 220 g/mol. The number of benzene rings is 1. The topological polar surface area (TPSA) is 17.1 Å². The molecule has 1 aromatic rings. The van der Waals surface area contributed by atoms with Crippen molar-refractivity contribution in [1.29, 1.82) is 0 Å². The van der Waals surface area contributed by atoms with Gasteiger partial charge in [-0.05, 0) is 24.0 Å². The lowest BCUT2D eigenvalue weighted by Crippen LogP contribution is -2.03. The van der Waals surface area contributed by atoms with Crippen LogP contribution in [0.1, 0.15) is 38.7 Å². The van der Waals surface area contributed by atoms with E-state index in [2.05, 4.69) is 13.8 Å². The Hall–Kier alpha value is -0.820. The second kappa shape index (κ2) is 6.70. The van der Waals surface area contributed by atoms with Crippen molar-refractivity contribution in [2.45, 2.75) is 39.5 Å². The van der Waals surface area contributed by atoms with E-state index in [1.54, 1.807) is 0 Å². The summed E-state index contributed by atoms with van der Waals surface area (Å²) < 4.78 is 0. The Labute approximate surface area is 103 Å². The zero-order chi connectivity index (χ0) is 12.0. The van der Waals surface area contributed by atoms with E-state index < -0.39 is 0 Å². The number of Topliss-reactive ketones (excluding diaryl/α,β-unsaturated/α-hetero) is 1. The van der Waals surface area contributed by atoms with Gasteiger partial charge >= 0.3 is 0 Å². The van der Waals surface area contributed by atoms with Crippen LogP contribution < -0.4 is 0 Å². The maximum absolute atomic E-state index is 11.7. The molecule has 88 valence electrons. The Bertz CT molecular complexity index is 344. The molecule has 0 aliphatic rings. The van der Waals surface area contributed by atoms with Crippen LogP contribution in [0.4, 0.5) is 0 Å². The van der Waals surface area contributed by atoms with E-state index >= 15 is 0 Å². The first kappa shape index (κ1) is 13.2. The molecule has 2 heteroatoms. The summed E-state index contributed by atoms with van der Waals surface area (Å²) in [7, 11) is 0. The molecular formula is C14H19ClO. The molecule has 0 N–H and O–H groups in total. The lowest BCUT2D eigenvalue weighted by molar-refractivity contribution is -0.118. The fraction of sp³-hybridized carbons (Fsp3) is 0.500. The van der Waals surface area contributed by atoms with Gasteiger partial charge in [0.1, 0.15) is 5.78 Å². The van der Waals surface area contributed by atoms with Gasteiger partial charge in [0.05, 0.1) is 0 Å². The largest absolute Gasteiger partial charge is 0.299 e. The predicted molar refractivity (Wildman–Crippen MR) is 68.9 cm³/mol. The molecule has 0 unspecified atom stereocenters. The first-order valence-electron chi connectivity index (χ1n) is 5.84. The van der Waals surface area contributed by atoms with E-state index in [4.69, 9.17) is 11.6 Å². The van der Waals surface area contributed by atoms with E-state index in [-0.39, 0.29) is 5.78 Å². The number of ketones is 1. The Morgan fingerprint density at radius 2 is 2.00 bits per heavy atom. The molecule has 0 aliphatic carbocycles. The van der Waals surface area contributed by atoms with Crippen LogP contribution in [0.3, 0.4) is 0 Å². The summed E-state index contributed by atoms with van der Waals surface area (Å²) in [5, 5.41) is 0.694. The molecule has 0 spiro atoms. The van der Waals surface area contributed by atoms with Crippen molar-refractivity contribution >= 4 is 17.4 Å². The van der Waals surface area contributed by atoms with Crippen molar-refractivity contribution in [3.8, 4) is 0 Å². The summed E-state index contributed by atoms with van der Waals surface area (Å²) in [5.41, 5.74) is 0.943. The normalized spacial score (nSPS) is 10.8. The van der Waals surface area contributed by atoms with Crippen molar-refractivity contribution in [3.05, 3.63) is 34.9 Å². The van der Waals surface area contributed by atoms with Crippen LogP contribution in [-0.2, 0) is 11.2 Å². The van der Waals surface area contributed by atoms with Crippen molar-refractivity contribution in [2.75, 3.05) is 0 Å². The number of hydrogen-bond acceptors (Lipinski definition) is 1. The molecule has 0 radical (unpaired) electrons. The van der Waals surface area contributed by atoms with Gasteiger partial charge in [-0.2, -0.15) is 0 Å². The minimum atomic E-state index is 0.286. The number of rotatable bonds is 6. The third-order valence-electron chi connectivity index (χ3n) is 2.58. The summed E-state index contributed by atoms with van der Waals surface area (Å²) in [4.78, 5) is 11.7. The maximum atomic E-state index is 11.7. The molecule has 0 saturated heterocycles. The maximum Gasteiger partial charge on any atom is 0.137 e. The number of carbonyl (C=O) groups excluding carboxylic acids is 1. The smallest absolute Gasteiger partial charge is 0.137 e. The molecule has 0 heterocycles. The third kappa shape index (κ3) is 4.80. The third-order valence-corrected chi connectivity index (χ3v) is 2.95. The first-order chi connectivity index (χ1) is 7.59. The monoisotopic (exact) mass is 238 g/mol. The van der Waals surface area contributed by atoms with Gasteiger partial charge in [-0.15, -0.1) is 0 Å². The van der Waals surface area contributed by atoms with Gasteiger partial charge in [-0.25, -0.2) is 0 Å². The Kier molecular flexibility index (Phi) is 5.54. The highest BCUT2D eigenvalue weighted by molar-refractivity contribution is 6.31. The van der Waals surface area contributed by atoms with E-state index in [1.807, 2.05) is 24.3 Å². The van der Waals surface area contributed by atoms with Crippen LogP contribution in [0.2, 0.25) is 5.02 Å². The lowest BCUT2D eigenvalue weighted by Gasteiger charge is -2.05. The summed E-state index contributed by atoms with van der Waals surface area (Å²) in [6.07, 6.45) is 3.25. The Morgan fingerprint density at radius 3 is 2.62 bits per heavy atom. The molecule has 0 fully saturated rings. The summed E-state index contributed by atoms with van der Waals surface area (Å²) in [6, 6.07) is 7.55. The second-order valence-corrected chi connectivity index (χ2v) is 5.00. The fourth-order valence-electron chi connectivity index (χ4n) is 1.65. The van der Waals surface area contributed by atoms with Gasteiger partial charge in [0.25, 0.3) is 0 Å². The van der Waals surface area contributed by atoms with Crippen LogP contribution >= 0.6 is 11.6 Å². The Morgan fingerprint density at radius 1 is 1.31 bits per heavy atom. The van der Waals surface area contributed by atoms with Gasteiger partial charge in [0.2, 0.25) is 0 Å². The molecule has 1 nitrogen and oxygen atoms in total. The lowest BCUT2D eigenvalue weighted by atomic mass is 10.0. The predicted octanol–water partition coefficient (Wildman–Crippen LogP) is 4.28. The highest BCUT2D eigenvalue weighted by atomic mass is 35.5. The van der Waals surface area contributed by atoms with Crippen LogP contribution in [0, 0.1) is 5.92 Å². The molecule has 0 aromatic heterocycles. The molecule has 0 aliphatic heterocycles. The molecule has 0 atom stereocenters. The number of halogens is 1. The van der Waals surface area contributed by atoms with E-state index in [0.29, 0.717) is 23.8 Å². The van der Waals surface area contributed by atoms with Crippen LogP contribution in [0.15, 0.2) is 24.3 Å². The zero-order valence-electron chi connectivity index (χ0n) is 10.0. The standard InChI is InChI=1S/C14H19ClO/c1-11(2)6-5-8-13(16)10-12-7-3-4-9-14(12)15/h3-4,7,9,11H,5-6,8,10H2,1-2H3. The SMILES string of the molecule is CC(C)CCCC(=O)Cc1ccccc1Cl.